The lowest BCUT2D eigenvalue weighted by Gasteiger charge is -2.28. The number of carbonyl (C=O) groups is 2. The van der Waals surface area contributed by atoms with Crippen LogP contribution in [0.2, 0.25) is 0 Å². The van der Waals surface area contributed by atoms with Crippen molar-refractivity contribution in [2.45, 2.75) is 25.4 Å². The van der Waals surface area contributed by atoms with Crippen molar-refractivity contribution < 1.29 is 14.4 Å². The Balaban J connectivity index is 1.88. The summed E-state index contributed by atoms with van der Waals surface area (Å²) in [5.41, 5.74) is 0.874. The van der Waals surface area contributed by atoms with Gasteiger partial charge in [0.1, 0.15) is 0 Å². The zero-order chi connectivity index (χ0) is 11.1. The number of fused-ring (bicyclic) bond motifs is 1. The quantitative estimate of drug-likeness (QED) is 0.709. The second-order valence-corrected chi connectivity index (χ2v) is 4.11. The second-order valence-electron chi connectivity index (χ2n) is 4.11. The fraction of sp³-hybridized carbons (Fsp3) is 0.333. The molecule has 1 fully saturated rings. The van der Waals surface area contributed by atoms with Crippen molar-refractivity contribution >= 4 is 11.8 Å². The molecule has 0 aromatic heterocycles. The van der Waals surface area contributed by atoms with Gasteiger partial charge in [0.15, 0.2) is 0 Å². The smallest absolute Gasteiger partial charge is 0.266 e. The predicted octanol–water partition coefficient (Wildman–Crippen LogP) is 1.77. The van der Waals surface area contributed by atoms with E-state index in [9.17, 15) is 9.59 Å². The van der Waals surface area contributed by atoms with Gasteiger partial charge in [-0.05, 0) is 31.4 Å². The van der Waals surface area contributed by atoms with Crippen LogP contribution in [-0.4, -0.2) is 23.0 Å². The van der Waals surface area contributed by atoms with Crippen molar-refractivity contribution in [2.75, 3.05) is 0 Å². The van der Waals surface area contributed by atoms with E-state index in [2.05, 4.69) is 0 Å². The summed E-state index contributed by atoms with van der Waals surface area (Å²) in [5, 5.41) is 0.911. The minimum absolute atomic E-state index is 0.0298. The van der Waals surface area contributed by atoms with Gasteiger partial charge in [0.05, 0.1) is 17.2 Å². The summed E-state index contributed by atoms with van der Waals surface area (Å²) in [6.45, 7) is 0. The average Bonchev–Trinajstić information content (AvgIpc) is 2.48. The number of hydrogen-bond donors (Lipinski definition) is 0. The molecule has 1 aliphatic heterocycles. The van der Waals surface area contributed by atoms with Crippen LogP contribution in [0.1, 0.15) is 40.0 Å². The summed E-state index contributed by atoms with van der Waals surface area (Å²) in [6, 6.07) is 6.80. The highest BCUT2D eigenvalue weighted by molar-refractivity contribution is 6.20. The van der Waals surface area contributed by atoms with Crippen molar-refractivity contribution in [3.8, 4) is 0 Å². The lowest BCUT2D eigenvalue weighted by molar-refractivity contribution is -0.154. The Labute approximate surface area is 92.8 Å². The van der Waals surface area contributed by atoms with E-state index in [0.29, 0.717) is 11.1 Å². The molecule has 4 nitrogen and oxygen atoms in total. The number of nitrogens with zero attached hydrogens (tertiary/aromatic N) is 1. The molecule has 82 valence electrons. The van der Waals surface area contributed by atoms with Crippen LogP contribution in [0.5, 0.6) is 0 Å². The highest BCUT2D eigenvalue weighted by Crippen LogP contribution is 2.28. The monoisotopic (exact) mass is 217 g/mol. The number of rotatable bonds is 2. The normalized spacial score (nSPS) is 19.9. The maximum Gasteiger partial charge on any atom is 0.285 e. The molecule has 1 aromatic rings. The summed E-state index contributed by atoms with van der Waals surface area (Å²) >= 11 is 0. The van der Waals surface area contributed by atoms with E-state index < -0.39 is 0 Å². The van der Waals surface area contributed by atoms with Crippen LogP contribution in [0.25, 0.3) is 0 Å². The van der Waals surface area contributed by atoms with Gasteiger partial charge in [0, 0.05) is 0 Å². The molecular weight excluding hydrogens is 206 g/mol. The van der Waals surface area contributed by atoms with E-state index in [1.54, 1.807) is 24.3 Å². The Morgan fingerprint density at radius 3 is 2.06 bits per heavy atom. The Kier molecular flexibility index (Phi) is 2.04. The van der Waals surface area contributed by atoms with Crippen molar-refractivity contribution in [2.24, 2.45) is 0 Å². The van der Waals surface area contributed by atoms with Gasteiger partial charge in [-0.25, -0.2) is 0 Å². The van der Waals surface area contributed by atoms with Gasteiger partial charge < -0.3 is 0 Å². The molecule has 0 unspecified atom stereocenters. The fourth-order valence-electron chi connectivity index (χ4n) is 1.89. The first kappa shape index (κ1) is 9.54. The van der Waals surface area contributed by atoms with Crippen molar-refractivity contribution in [3.05, 3.63) is 35.4 Å². The molecule has 2 amide bonds. The SMILES string of the molecule is O=C1c2ccccc2C(=O)N1OC1CCC1. The molecule has 0 atom stereocenters. The van der Waals surface area contributed by atoms with Gasteiger partial charge in [-0.1, -0.05) is 12.1 Å². The lowest BCUT2D eigenvalue weighted by Crippen LogP contribution is -2.37. The largest absolute Gasteiger partial charge is 0.285 e. The summed E-state index contributed by atoms with van der Waals surface area (Å²) < 4.78 is 0. The molecule has 1 aliphatic carbocycles. The fourth-order valence-corrected chi connectivity index (χ4v) is 1.89. The van der Waals surface area contributed by atoms with Gasteiger partial charge in [0.25, 0.3) is 11.8 Å². The Bertz CT molecular complexity index is 430. The van der Waals surface area contributed by atoms with E-state index in [-0.39, 0.29) is 17.9 Å². The van der Waals surface area contributed by atoms with Crippen LogP contribution in [0.4, 0.5) is 0 Å². The number of carbonyl (C=O) groups excluding carboxylic acids is 2. The average molecular weight is 217 g/mol. The number of imide groups is 1. The summed E-state index contributed by atoms with van der Waals surface area (Å²) in [6.07, 6.45) is 2.98. The van der Waals surface area contributed by atoms with Crippen LogP contribution < -0.4 is 0 Å². The molecule has 1 saturated carbocycles. The molecule has 16 heavy (non-hydrogen) atoms. The maximum atomic E-state index is 11.9. The molecule has 1 aromatic carbocycles. The maximum absolute atomic E-state index is 11.9. The van der Waals surface area contributed by atoms with Gasteiger partial charge in [-0.3, -0.25) is 14.4 Å². The van der Waals surface area contributed by atoms with E-state index in [4.69, 9.17) is 4.84 Å². The third kappa shape index (κ3) is 1.27. The van der Waals surface area contributed by atoms with E-state index in [0.717, 1.165) is 24.3 Å². The molecule has 0 radical (unpaired) electrons. The van der Waals surface area contributed by atoms with E-state index >= 15 is 0 Å². The highest BCUT2D eigenvalue weighted by Gasteiger charge is 2.38. The zero-order valence-corrected chi connectivity index (χ0v) is 8.68. The highest BCUT2D eigenvalue weighted by atomic mass is 16.7. The van der Waals surface area contributed by atoms with Gasteiger partial charge >= 0.3 is 0 Å². The molecule has 0 saturated heterocycles. The standard InChI is InChI=1S/C12H11NO3/c14-11-9-6-1-2-7-10(9)12(15)13(11)16-8-4-3-5-8/h1-2,6-8H,3-5H2. The first-order valence-corrected chi connectivity index (χ1v) is 5.42. The van der Waals surface area contributed by atoms with Crippen molar-refractivity contribution in [1.29, 1.82) is 0 Å². The first-order valence-electron chi connectivity index (χ1n) is 5.42. The summed E-state index contributed by atoms with van der Waals surface area (Å²) in [5.74, 6) is -0.681. The molecule has 0 spiro atoms. The van der Waals surface area contributed by atoms with Crippen LogP contribution in [0.3, 0.4) is 0 Å². The van der Waals surface area contributed by atoms with Crippen LogP contribution >= 0.6 is 0 Å². The van der Waals surface area contributed by atoms with Crippen LogP contribution in [0, 0.1) is 0 Å². The summed E-state index contributed by atoms with van der Waals surface area (Å²) in [7, 11) is 0. The Hall–Kier alpha value is -1.68. The van der Waals surface area contributed by atoms with Crippen LogP contribution in [0.15, 0.2) is 24.3 Å². The minimum atomic E-state index is -0.340. The predicted molar refractivity (Wildman–Crippen MR) is 55.7 cm³/mol. The third-order valence-electron chi connectivity index (χ3n) is 3.06. The zero-order valence-electron chi connectivity index (χ0n) is 8.68. The Morgan fingerprint density at radius 1 is 1.06 bits per heavy atom. The van der Waals surface area contributed by atoms with E-state index in [1.165, 1.54) is 0 Å². The van der Waals surface area contributed by atoms with Gasteiger partial charge in [0.2, 0.25) is 0 Å². The number of amides is 2. The first-order chi connectivity index (χ1) is 7.77. The van der Waals surface area contributed by atoms with Gasteiger partial charge in [-0.2, -0.15) is 0 Å². The topological polar surface area (TPSA) is 46.6 Å². The number of hydroxylamine groups is 2. The van der Waals surface area contributed by atoms with E-state index in [1.807, 2.05) is 0 Å². The van der Waals surface area contributed by atoms with Crippen molar-refractivity contribution in [3.63, 3.8) is 0 Å². The molecule has 2 aliphatic rings. The third-order valence-corrected chi connectivity index (χ3v) is 3.06. The molecular formula is C12H11NO3. The van der Waals surface area contributed by atoms with Crippen molar-refractivity contribution in [1.82, 2.24) is 5.06 Å². The molecule has 1 heterocycles. The second kappa shape index (κ2) is 3.42. The molecule has 4 heteroatoms. The number of hydrogen-bond acceptors (Lipinski definition) is 3. The number of benzene rings is 1. The lowest BCUT2D eigenvalue weighted by atomic mass is 9.97. The van der Waals surface area contributed by atoms with Gasteiger partial charge in [-0.15, -0.1) is 5.06 Å². The minimum Gasteiger partial charge on any atom is -0.266 e. The Morgan fingerprint density at radius 2 is 1.62 bits per heavy atom. The molecule has 0 N–H and O–H groups in total. The summed E-state index contributed by atoms with van der Waals surface area (Å²) in [4.78, 5) is 29.1. The molecule has 3 rings (SSSR count). The molecule has 0 bridgehead atoms. The van der Waals surface area contributed by atoms with Crippen LogP contribution in [-0.2, 0) is 4.84 Å².